The highest BCUT2D eigenvalue weighted by molar-refractivity contribution is 5.32. The molecule has 1 aromatic heterocycles. The lowest BCUT2D eigenvalue weighted by atomic mass is 9.99. The minimum absolute atomic E-state index is 0.0262. The van der Waals surface area contributed by atoms with Gasteiger partial charge in [0.2, 0.25) is 11.7 Å². The molecule has 1 N–H and O–H groups in total. The van der Waals surface area contributed by atoms with Crippen molar-refractivity contribution in [1.29, 1.82) is 0 Å². The number of hydrogen-bond donors (Lipinski definition) is 1. The van der Waals surface area contributed by atoms with Gasteiger partial charge < -0.3 is 14.0 Å². The minimum Gasteiger partial charge on any atom is -0.497 e. The van der Waals surface area contributed by atoms with Crippen molar-refractivity contribution in [3.63, 3.8) is 0 Å². The second-order valence-electron chi connectivity index (χ2n) is 6.70. The Morgan fingerprint density at radius 1 is 0.833 bits per heavy atom. The molecule has 0 aliphatic heterocycles. The normalized spacial score (nSPS) is 10.9. The Labute approximate surface area is 175 Å². The molecule has 0 atom stereocenters. The Morgan fingerprint density at radius 2 is 1.43 bits per heavy atom. The first-order valence-electron chi connectivity index (χ1n) is 9.73. The molecule has 152 valence electrons. The molecule has 0 bridgehead atoms. The van der Waals surface area contributed by atoms with Gasteiger partial charge in [-0.05, 0) is 35.4 Å². The molecule has 0 fully saturated rings. The van der Waals surface area contributed by atoms with E-state index in [4.69, 9.17) is 14.0 Å². The molecule has 30 heavy (non-hydrogen) atoms. The monoisotopic (exact) mass is 401 g/mol. The fraction of sp³-hybridized carbons (Fsp3) is 0.167. The summed E-state index contributed by atoms with van der Waals surface area (Å²) in [5, 5.41) is 7.53. The highest BCUT2D eigenvalue weighted by Gasteiger charge is 2.15. The van der Waals surface area contributed by atoms with Gasteiger partial charge >= 0.3 is 0 Å². The number of aromatic nitrogens is 2. The molecular weight excluding hydrogens is 378 g/mol. The van der Waals surface area contributed by atoms with Gasteiger partial charge in [0.15, 0.2) is 6.61 Å². The Hall–Kier alpha value is -3.64. The lowest BCUT2D eigenvalue weighted by molar-refractivity contribution is 0.284. The van der Waals surface area contributed by atoms with Crippen molar-refractivity contribution in [2.45, 2.75) is 19.2 Å². The van der Waals surface area contributed by atoms with E-state index in [1.807, 2.05) is 60.7 Å². The maximum absolute atomic E-state index is 5.71. The number of rotatable bonds is 9. The summed E-state index contributed by atoms with van der Waals surface area (Å²) in [5.74, 6) is 2.51. The Morgan fingerprint density at radius 3 is 2.03 bits per heavy atom. The molecule has 3 aromatic carbocycles. The number of benzene rings is 3. The molecule has 6 nitrogen and oxygen atoms in total. The molecule has 4 aromatic rings. The van der Waals surface area contributed by atoms with Crippen LogP contribution in [-0.4, -0.2) is 17.3 Å². The third kappa shape index (κ3) is 5.04. The van der Waals surface area contributed by atoms with Gasteiger partial charge in [0.1, 0.15) is 11.5 Å². The summed E-state index contributed by atoms with van der Waals surface area (Å²) in [6, 6.07) is 28.0. The molecule has 6 heteroatoms. The van der Waals surface area contributed by atoms with E-state index < -0.39 is 0 Å². The lowest BCUT2D eigenvalue weighted by Crippen LogP contribution is -2.22. The predicted octanol–water partition coefficient (Wildman–Crippen LogP) is 4.54. The van der Waals surface area contributed by atoms with E-state index in [1.165, 1.54) is 11.1 Å². The summed E-state index contributed by atoms with van der Waals surface area (Å²) in [5.41, 5.74) is 2.34. The van der Waals surface area contributed by atoms with Crippen molar-refractivity contribution in [3.05, 3.63) is 108 Å². The fourth-order valence-electron chi connectivity index (χ4n) is 3.15. The topological polar surface area (TPSA) is 69.4 Å². The number of hydrogen-bond acceptors (Lipinski definition) is 6. The van der Waals surface area contributed by atoms with Crippen LogP contribution in [0.4, 0.5) is 0 Å². The van der Waals surface area contributed by atoms with E-state index in [-0.39, 0.29) is 12.6 Å². The second-order valence-corrected chi connectivity index (χ2v) is 6.70. The summed E-state index contributed by atoms with van der Waals surface area (Å²) < 4.78 is 16.2. The number of ether oxygens (including phenoxy) is 2. The summed E-state index contributed by atoms with van der Waals surface area (Å²) in [4.78, 5) is 4.43. The van der Waals surface area contributed by atoms with Crippen LogP contribution < -0.4 is 14.8 Å². The smallest absolute Gasteiger partial charge is 0.240 e. The molecule has 0 amide bonds. The first-order chi connectivity index (χ1) is 14.8. The average Bonchev–Trinajstić information content (AvgIpc) is 3.27. The highest BCUT2D eigenvalue weighted by Crippen LogP contribution is 2.22. The van der Waals surface area contributed by atoms with E-state index >= 15 is 0 Å². The van der Waals surface area contributed by atoms with Crippen LogP contribution in [-0.2, 0) is 13.2 Å². The Kier molecular flexibility index (Phi) is 6.37. The molecule has 0 aliphatic carbocycles. The maximum Gasteiger partial charge on any atom is 0.240 e. The van der Waals surface area contributed by atoms with Crippen molar-refractivity contribution in [1.82, 2.24) is 15.5 Å². The van der Waals surface area contributed by atoms with Gasteiger partial charge in [-0.3, -0.25) is 5.32 Å². The first kappa shape index (κ1) is 19.7. The second kappa shape index (κ2) is 9.71. The van der Waals surface area contributed by atoms with Crippen molar-refractivity contribution in [2.75, 3.05) is 7.11 Å². The van der Waals surface area contributed by atoms with Crippen LogP contribution in [0.2, 0.25) is 0 Å². The molecule has 4 rings (SSSR count). The quantitative estimate of drug-likeness (QED) is 0.444. The fourth-order valence-corrected chi connectivity index (χ4v) is 3.15. The molecule has 0 saturated heterocycles. The highest BCUT2D eigenvalue weighted by atomic mass is 16.5. The van der Waals surface area contributed by atoms with E-state index in [0.29, 0.717) is 24.0 Å². The van der Waals surface area contributed by atoms with Gasteiger partial charge in [0.25, 0.3) is 0 Å². The largest absolute Gasteiger partial charge is 0.497 e. The first-order valence-corrected chi connectivity index (χ1v) is 9.73. The molecule has 0 unspecified atom stereocenters. The van der Waals surface area contributed by atoms with Crippen LogP contribution in [0.25, 0.3) is 0 Å². The Bertz CT molecular complexity index is 995. The number of nitrogens with zero attached hydrogens (tertiary/aromatic N) is 2. The van der Waals surface area contributed by atoms with Crippen LogP contribution >= 0.6 is 0 Å². The maximum atomic E-state index is 5.71. The van der Waals surface area contributed by atoms with Crippen LogP contribution in [0.3, 0.4) is 0 Å². The van der Waals surface area contributed by atoms with Crippen LogP contribution in [0, 0.1) is 0 Å². The molecular formula is C24H23N3O3. The van der Waals surface area contributed by atoms with Gasteiger partial charge in [-0.1, -0.05) is 65.8 Å². The molecule has 0 spiro atoms. The Balaban J connectivity index is 1.38. The number of methoxy groups -OCH3 is 1. The third-order valence-electron chi connectivity index (χ3n) is 4.66. The zero-order chi connectivity index (χ0) is 20.6. The zero-order valence-corrected chi connectivity index (χ0v) is 16.7. The van der Waals surface area contributed by atoms with E-state index in [0.717, 1.165) is 5.75 Å². The SMILES string of the molecule is COc1ccc(OCc2noc(CNC(c3ccccc3)c3ccccc3)n2)cc1. The molecule has 1 heterocycles. The molecule has 0 aliphatic rings. The van der Waals surface area contributed by atoms with E-state index in [1.54, 1.807) is 7.11 Å². The van der Waals surface area contributed by atoms with Gasteiger partial charge in [-0.25, -0.2) is 0 Å². The summed E-state index contributed by atoms with van der Waals surface area (Å²) >= 11 is 0. The van der Waals surface area contributed by atoms with Crippen LogP contribution in [0.5, 0.6) is 11.5 Å². The predicted molar refractivity (Wildman–Crippen MR) is 113 cm³/mol. The van der Waals surface area contributed by atoms with Crippen molar-refractivity contribution >= 4 is 0 Å². The summed E-state index contributed by atoms with van der Waals surface area (Å²) in [7, 11) is 1.63. The van der Waals surface area contributed by atoms with Gasteiger partial charge in [-0.2, -0.15) is 4.98 Å². The van der Waals surface area contributed by atoms with Gasteiger partial charge in [-0.15, -0.1) is 0 Å². The minimum atomic E-state index is 0.0262. The lowest BCUT2D eigenvalue weighted by Gasteiger charge is -2.18. The molecule has 0 saturated carbocycles. The molecule has 0 radical (unpaired) electrons. The number of nitrogens with one attached hydrogen (secondary N) is 1. The summed E-state index contributed by atoms with van der Waals surface area (Å²) in [6.45, 7) is 0.681. The van der Waals surface area contributed by atoms with Crippen molar-refractivity contribution in [2.24, 2.45) is 0 Å². The van der Waals surface area contributed by atoms with Crippen molar-refractivity contribution in [3.8, 4) is 11.5 Å². The summed E-state index contributed by atoms with van der Waals surface area (Å²) in [6.07, 6.45) is 0. The zero-order valence-electron chi connectivity index (χ0n) is 16.7. The van der Waals surface area contributed by atoms with Gasteiger partial charge in [0.05, 0.1) is 19.7 Å². The third-order valence-corrected chi connectivity index (χ3v) is 4.66. The van der Waals surface area contributed by atoms with Gasteiger partial charge in [0, 0.05) is 0 Å². The van der Waals surface area contributed by atoms with Crippen LogP contribution in [0.15, 0.2) is 89.5 Å². The standard InChI is InChI=1S/C24H23N3O3/c1-28-20-12-14-21(15-13-20)29-17-22-26-23(30-27-22)16-25-24(18-8-4-2-5-9-18)19-10-6-3-7-11-19/h2-15,24-25H,16-17H2,1H3. The van der Waals surface area contributed by atoms with E-state index in [9.17, 15) is 0 Å². The van der Waals surface area contributed by atoms with Crippen molar-refractivity contribution < 1.29 is 14.0 Å². The average molecular weight is 401 g/mol. The van der Waals surface area contributed by atoms with Crippen LogP contribution in [0.1, 0.15) is 28.9 Å². The van der Waals surface area contributed by atoms with E-state index in [2.05, 4.69) is 39.7 Å².